The molecule has 1 saturated heterocycles. The maximum absolute atomic E-state index is 12.4. The van der Waals surface area contributed by atoms with Gasteiger partial charge in [0.1, 0.15) is 11.8 Å². The van der Waals surface area contributed by atoms with Crippen LogP contribution in [-0.2, 0) is 9.59 Å². The molecule has 1 amide bonds. The lowest BCUT2D eigenvalue weighted by atomic mass is 10.2. The van der Waals surface area contributed by atoms with Crippen LogP contribution in [0.15, 0.2) is 30.3 Å². The van der Waals surface area contributed by atoms with Crippen molar-refractivity contribution < 1.29 is 19.4 Å². The third-order valence-corrected chi connectivity index (χ3v) is 3.49. The minimum absolute atomic E-state index is 0.235. The molecule has 0 saturated carbocycles. The highest BCUT2D eigenvalue weighted by Gasteiger charge is 2.37. The normalized spacial score (nSPS) is 19.6. The smallest absolute Gasteiger partial charge is 0.326 e. The van der Waals surface area contributed by atoms with Crippen molar-refractivity contribution in [2.24, 2.45) is 0 Å². The van der Waals surface area contributed by atoms with Gasteiger partial charge in [-0.2, -0.15) is 0 Å². The second-order valence-electron chi connectivity index (χ2n) is 4.86. The van der Waals surface area contributed by atoms with E-state index in [1.807, 2.05) is 25.1 Å². The van der Waals surface area contributed by atoms with Crippen LogP contribution in [0, 0.1) is 0 Å². The molecule has 0 aliphatic carbocycles. The maximum atomic E-state index is 12.4. The fraction of sp³-hybridized carbons (Fsp3) is 0.467. The summed E-state index contributed by atoms with van der Waals surface area (Å²) in [6.07, 6.45) is 1.13. The Labute approximate surface area is 118 Å². The quantitative estimate of drug-likeness (QED) is 0.893. The zero-order chi connectivity index (χ0) is 14.5. The molecule has 108 valence electrons. The van der Waals surface area contributed by atoms with E-state index >= 15 is 0 Å². The van der Waals surface area contributed by atoms with E-state index in [0.29, 0.717) is 25.1 Å². The van der Waals surface area contributed by atoms with Crippen LogP contribution in [0.4, 0.5) is 0 Å². The second kappa shape index (κ2) is 6.41. The van der Waals surface area contributed by atoms with Crippen LogP contribution in [0.25, 0.3) is 0 Å². The van der Waals surface area contributed by atoms with E-state index in [2.05, 4.69) is 0 Å². The number of amides is 1. The summed E-state index contributed by atoms with van der Waals surface area (Å²) in [7, 11) is 0. The van der Waals surface area contributed by atoms with Crippen LogP contribution in [-0.4, -0.2) is 40.6 Å². The SMILES string of the molecule is CCC(Oc1ccccc1)C(=O)N1CCC[C@@H]1C(=O)O. The van der Waals surface area contributed by atoms with Crippen molar-refractivity contribution in [1.82, 2.24) is 4.90 Å². The van der Waals surface area contributed by atoms with Gasteiger partial charge in [0.15, 0.2) is 6.10 Å². The summed E-state index contributed by atoms with van der Waals surface area (Å²) >= 11 is 0. The molecule has 1 aromatic carbocycles. The largest absolute Gasteiger partial charge is 0.481 e. The minimum Gasteiger partial charge on any atom is -0.481 e. The van der Waals surface area contributed by atoms with Gasteiger partial charge in [-0.1, -0.05) is 25.1 Å². The van der Waals surface area contributed by atoms with Gasteiger partial charge in [0.05, 0.1) is 0 Å². The van der Waals surface area contributed by atoms with Gasteiger partial charge in [0, 0.05) is 6.54 Å². The van der Waals surface area contributed by atoms with Crippen molar-refractivity contribution in [2.75, 3.05) is 6.54 Å². The number of carbonyl (C=O) groups is 2. The molecule has 5 heteroatoms. The highest BCUT2D eigenvalue weighted by Crippen LogP contribution is 2.21. The molecule has 0 radical (unpaired) electrons. The summed E-state index contributed by atoms with van der Waals surface area (Å²) in [5.74, 6) is -0.551. The van der Waals surface area contributed by atoms with Crippen molar-refractivity contribution >= 4 is 11.9 Å². The number of hydrogen-bond acceptors (Lipinski definition) is 3. The number of para-hydroxylation sites is 1. The highest BCUT2D eigenvalue weighted by molar-refractivity contribution is 5.87. The molecule has 1 aliphatic rings. The predicted molar refractivity (Wildman–Crippen MR) is 73.5 cm³/mol. The highest BCUT2D eigenvalue weighted by atomic mass is 16.5. The molecular weight excluding hydrogens is 258 g/mol. The Morgan fingerprint density at radius 2 is 2.10 bits per heavy atom. The average Bonchev–Trinajstić information content (AvgIpc) is 2.94. The van der Waals surface area contributed by atoms with E-state index in [1.54, 1.807) is 12.1 Å². The predicted octanol–water partition coefficient (Wildman–Crippen LogP) is 1.92. The van der Waals surface area contributed by atoms with Gasteiger partial charge in [0.2, 0.25) is 0 Å². The minimum atomic E-state index is -0.939. The fourth-order valence-electron chi connectivity index (χ4n) is 2.44. The monoisotopic (exact) mass is 277 g/mol. The van der Waals surface area contributed by atoms with E-state index in [1.165, 1.54) is 4.90 Å². The first-order valence-electron chi connectivity index (χ1n) is 6.88. The number of likely N-dealkylation sites (tertiary alicyclic amines) is 1. The third kappa shape index (κ3) is 3.10. The fourth-order valence-corrected chi connectivity index (χ4v) is 2.44. The van der Waals surface area contributed by atoms with Crippen LogP contribution < -0.4 is 4.74 Å². The molecule has 0 bridgehead atoms. The van der Waals surface area contributed by atoms with Gasteiger partial charge in [0.25, 0.3) is 5.91 Å². The molecule has 1 aliphatic heterocycles. The van der Waals surface area contributed by atoms with Crippen molar-refractivity contribution in [3.63, 3.8) is 0 Å². The lowest BCUT2D eigenvalue weighted by molar-refractivity contribution is -0.151. The van der Waals surface area contributed by atoms with Crippen molar-refractivity contribution in [1.29, 1.82) is 0 Å². The van der Waals surface area contributed by atoms with E-state index < -0.39 is 18.1 Å². The standard InChI is InChI=1S/C15H19NO4/c1-2-13(20-11-7-4-3-5-8-11)14(17)16-10-6-9-12(16)15(18)19/h3-5,7-8,12-13H,2,6,9-10H2,1H3,(H,18,19)/t12-,13?/m1/s1. The Bertz CT molecular complexity index is 474. The van der Waals surface area contributed by atoms with Crippen LogP contribution in [0.2, 0.25) is 0 Å². The molecule has 1 heterocycles. The number of hydrogen-bond donors (Lipinski definition) is 1. The summed E-state index contributed by atoms with van der Waals surface area (Å²) in [4.78, 5) is 25.0. The first-order chi connectivity index (χ1) is 9.63. The molecule has 2 rings (SSSR count). The van der Waals surface area contributed by atoms with Gasteiger partial charge in [-0.3, -0.25) is 4.79 Å². The second-order valence-corrected chi connectivity index (χ2v) is 4.86. The molecule has 0 aromatic heterocycles. The maximum Gasteiger partial charge on any atom is 0.326 e. The summed E-state index contributed by atoms with van der Waals surface area (Å²) in [5, 5.41) is 9.14. The molecule has 1 aromatic rings. The van der Waals surface area contributed by atoms with Crippen LogP contribution in [0.1, 0.15) is 26.2 Å². The van der Waals surface area contributed by atoms with Gasteiger partial charge in [-0.15, -0.1) is 0 Å². The van der Waals surface area contributed by atoms with Gasteiger partial charge in [-0.05, 0) is 31.4 Å². The van der Waals surface area contributed by atoms with Crippen LogP contribution in [0.5, 0.6) is 5.75 Å². The molecule has 1 fully saturated rings. The van der Waals surface area contributed by atoms with Gasteiger partial charge in [-0.25, -0.2) is 4.79 Å². The number of aliphatic carboxylic acids is 1. The Morgan fingerprint density at radius 3 is 2.70 bits per heavy atom. The Morgan fingerprint density at radius 1 is 1.40 bits per heavy atom. The van der Waals surface area contributed by atoms with Crippen molar-refractivity contribution in [2.45, 2.75) is 38.3 Å². The average molecular weight is 277 g/mol. The summed E-state index contributed by atoms with van der Waals surface area (Å²) < 4.78 is 5.68. The molecule has 0 spiro atoms. The van der Waals surface area contributed by atoms with E-state index in [0.717, 1.165) is 6.42 Å². The first-order valence-corrected chi connectivity index (χ1v) is 6.88. The zero-order valence-electron chi connectivity index (χ0n) is 11.5. The van der Waals surface area contributed by atoms with Crippen LogP contribution in [0.3, 0.4) is 0 Å². The topological polar surface area (TPSA) is 66.8 Å². The number of carbonyl (C=O) groups excluding carboxylic acids is 1. The Hall–Kier alpha value is -2.04. The summed E-state index contributed by atoms with van der Waals surface area (Å²) in [5.41, 5.74) is 0. The van der Waals surface area contributed by atoms with Gasteiger partial charge >= 0.3 is 5.97 Å². The zero-order valence-corrected chi connectivity index (χ0v) is 11.5. The molecule has 1 N–H and O–H groups in total. The molecule has 1 unspecified atom stereocenters. The third-order valence-electron chi connectivity index (χ3n) is 3.49. The van der Waals surface area contributed by atoms with Gasteiger partial charge < -0.3 is 14.7 Å². The number of benzene rings is 1. The summed E-state index contributed by atoms with van der Waals surface area (Å²) in [6, 6.07) is 8.40. The number of nitrogens with zero attached hydrogens (tertiary/aromatic N) is 1. The lowest BCUT2D eigenvalue weighted by Gasteiger charge is -2.26. The Kier molecular flexibility index (Phi) is 4.61. The first kappa shape index (κ1) is 14.4. The molecule has 20 heavy (non-hydrogen) atoms. The number of rotatable bonds is 5. The molecule has 2 atom stereocenters. The molecular formula is C15H19NO4. The summed E-state index contributed by atoms with van der Waals surface area (Å²) in [6.45, 7) is 2.35. The van der Waals surface area contributed by atoms with E-state index in [-0.39, 0.29) is 5.91 Å². The molecule has 5 nitrogen and oxygen atoms in total. The number of carboxylic acid groups (broad SMARTS) is 1. The van der Waals surface area contributed by atoms with E-state index in [4.69, 9.17) is 9.84 Å². The number of ether oxygens (including phenoxy) is 1. The Balaban J connectivity index is 2.07. The van der Waals surface area contributed by atoms with Crippen molar-refractivity contribution in [3.05, 3.63) is 30.3 Å². The van der Waals surface area contributed by atoms with E-state index in [9.17, 15) is 9.59 Å². The van der Waals surface area contributed by atoms with Crippen molar-refractivity contribution in [3.8, 4) is 5.75 Å². The van der Waals surface area contributed by atoms with Crippen LogP contribution >= 0.6 is 0 Å². The lowest BCUT2D eigenvalue weighted by Crippen LogP contribution is -2.47. The number of carboxylic acids is 1.